The van der Waals surface area contributed by atoms with Gasteiger partial charge in [-0.2, -0.15) is 13.5 Å². The van der Waals surface area contributed by atoms with E-state index < -0.39 is 15.6 Å². The number of carbonyl (C=O) groups is 1. The Balaban J connectivity index is 2.00. The van der Waals surface area contributed by atoms with Crippen LogP contribution >= 0.6 is 0 Å². The van der Waals surface area contributed by atoms with Crippen LogP contribution in [0.25, 0.3) is 0 Å². The molecule has 0 radical (unpaired) electrons. The molecule has 1 saturated heterocycles. The second kappa shape index (κ2) is 7.65. The van der Waals surface area contributed by atoms with Crippen molar-refractivity contribution >= 4 is 21.8 Å². The lowest BCUT2D eigenvalue weighted by Gasteiger charge is -2.35. The molecule has 8 heteroatoms. The topological polar surface area (TPSA) is 88.1 Å². The number of hydrogen-bond acceptors (Lipinski definition) is 5. The van der Waals surface area contributed by atoms with E-state index >= 15 is 0 Å². The van der Waals surface area contributed by atoms with Crippen LogP contribution in [0.4, 0.5) is 4.79 Å². The van der Waals surface area contributed by atoms with Crippen molar-refractivity contribution in [3.05, 3.63) is 29.8 Å². The van der Waals surface area contributed by atoms with Crippen LogP contribution in [0, 0.1) is 6.92 Å². The molecule has 1 N–H and O–H groups in total. The molecule has 7 nitrogen and oxygen atoms in total. The molecule has 0 aromatic heterocycles. The smallest absolute Gasteiger partial charge is 0.410 e. The fourth-order valence-corrected chi connectivity index (χ4v) is 3.46. The molecule has 1 heterocycles. The van der Waals surface area contributed by atoms with Crippen molar-refractivity contribution in [3.8, 4) is 0 Å². The van der Waals surface area contributed by atoms with Gasteiger partial charge in [-0.25, -0.2) is 9.63 Å². The third-order valence-corrected chi connectivity index (χ3v) is 5.21. The highest BCUT2D eigenvalue weighted by Crippen LogP contribution is 2.19. The first-order valence-corrected chi connectivity index (χ1v) is 10.1. The predicted molar refractivity (Wildman–Crippen MR) is 101 cm³/mol. The average Bonchev–Trinajstić information content (AvgIpc) is 2.52. The lowest BCUT2D eigenvalue weighted by Crippen LogP contribution is -2.47. The molecule has 1 fully saturated rings. The summed E-state index contributed by atoms with van der Waals surface area (Å²) in [7, 11) is -3.69. The normalized spacial score (nSPS) is 20.1. The summed E-state index contributed by atoms with van der Waals surface area (Å²) >= 11 is 0. The molecular weight excluding hydrogens is 354 g/mol. The number of likely N-dealkylation sites (tertiary alicyclic amines) is 1. The van der Waals surface area contributed by atoms with Gasteiger partial charge in [-0.15, -0.1) is 0 Å². The first-order chi connectivity index (χ1) is 12.0. The Labute approximate surface area is 155 Å². The molecule has 1 aromatic carbocycles. The van der Waals surface area contributed by atoms with Crippen LogP contribution in [-0.4, -0.2) is 43.3 Å². The summed E-state index contributed by atoms with van der Waals surface area (Å²) in [5.74, 6) is 0. The fraction of sp³-hybridized carbons (Fsp3) is 0.556. The zero-order valence-corrected chi connectivity index (χ0v) is 16.8. The van der Waals surface area contributed by atoms with Crippen LogP contribution in [0.15, 0.2) is 34.3 Å². The molecule has 1 aromatic rings. The summed E-state index contributed by atoms with van der Waals surface area (Å²) in [4.78, 5) is 16.3. The van der Waals surface area contributed by atoms with Gasteiger partial charge < -0.3 is 9.64 Å². The highest BCUT2D eigenvalue weighted by molar-refractivity contribution is 7.89. The number of amides is 1. The number of hydrazone groups is 1. The molecule has 0 bridgehead atoms. The van der Waals surface area contributed by atoms with Gasteiger partial charge in [-0.1, -0.05) is 17.7 Å². The maximum atomic E-state index is 12.3. The van der Waals surface area contributed by atoms with Crippen LogP contribution in [-0.2, 0) is 14.8 Å². The first-order valence-electron chi connectivity index (χ1n) is 8.61. The molecule has 1 amide bonds. The molecule has 144 valence electrons. The molecule has 2 rings (SSSR count). The number of benzene rings is 1. The number of hydrogen-bond donors (Lipinski definition) is 1. The van der Waals surface area contributed by atoms with Crippen LogP contribution < -0.4 is 4.83 Å². The Hall–Kier alpha value is -2.09. The molecule has 0 spiro atoms. The van der Waals surface area contributed by atoms with Crippen molar-refractivity contribution in [2.75, 3.05) is 6.54 Å². The summed E-state index contributed by atoms with van der Waals surface area (Å²) in [5, 5.41) is 4.07. The Morgan fingerprint density at radius 1 is 1.27 bits per heavy atom. The number of nitrogens with one attached hydrogen (secondary N) is 1. The number of ether oxygens (including phenoxy) is 1. The van der Waals surface area contributed by atoms with Crippen molar-refractivity contribution in [3.63, 3.8) is 0 Å². The molecule has 0 saturated carbocycles. The van der Waals surface area contributed by atoms with Crippen molar-refractivity contribution in [2.45, 2.75) is 64.0 Å². The van der Waals surface area contributed by atoms with Gasteiger partial charge in [0.1, 0.15) is 5.60 Å². The predicted octanol–water partition coefficient (Wildman–Crippen LogP) is 3.05. The molecule has 26 heavy (non-hydrogen) atoms. The number of carbonyl (C=O) groups excluding carboxylic acids is 1. The Morgan fingerprint density at radius 3 is 2.42 bits per heavy atom. The number of rotatable bonds is 3. The van der Waals surface area contributed by atoms with E-state index in [1.807, 2.05) is 34.6 Å². The second-order valence-electron chi connectivity index (χ2n) is 7.56. The van der Waals surface area contributed by atoms with Gasteiger partial charge in [-0.3, -0.25) is 0 Å². The maximum absolute atomic E-state index is 12.3. The van der Waals surface area contributed by atoms with E-state index in [0.29, 0.717) is 25.1 Å². The van der Waals surface area contributed by atoms with Gasteiger partial charge in [0.25, 0.3) is 10.0 Å². The quantitative estimate of drug-likeness (QED) is 0.815. The molecule has 1 aliphatic rings. The highest BCUT2D eigenvalue weighted by atomic mass is 32.2. The number of nitrogens with zero attached hydrogens (tertiary/aromatic N) is 2. The minimum Gasteiger partial charge on any atom is -0.444 e. The van der Waals surface area contributed by atoms with Gasteiger partial charge in [0.05, 0.1) is 4.90 Å². The third kappa shape index (κ3) is 5.45. The molecule has 0 unspecified atom stereocenters. The van der Waals surface area contributed by atoms with Gasteiger partial charge in [-0.05, 0) is 46.8 Å². The molecule has 1 atom stereocenters. The standard InChI is InChI=1S/C18H27N3O4S/c1-13-6-8-16(9-7-13)26(23,24)20-19-15-10-11-21(14(2)12-15)17(22)25-18(3,4)5/h6-9,14,20H,10-12H2,1-5H3/b19-15+/t14-/m1/s1. The summed E-state index contributed by atoms with van der Waals surface area (Å²) < 4.78 is 30.0. The number of piperidine rings is 1. The average molecular weight is 381 g/mol. The lowest BCUT2D eigenvalue weighted by molar-refractivity contribution is 0.0172. The molecule has 1 aliphatic heterocycles. The molecular formula is C18H27N3O4S. The van der Waals surface area contributed by atoms with Gasteiger partial charge in [0.2, 0.25) is 0 Å². The minimum absolute atomic E-state index is 0.110. The summed E-state index contributed by atoms with van der Waals surface area (Å²) in [5.41, 5.74) is 1.15. The monoisotopic (exact) mass is 381 g/mol. The highest BCUT2D eigenvalue weighted by Gasteiger charge is 2.30. The number of aryl methyl sites for hydroxylation is 1. The second-order valence-corrected chi connectivity index (χ2v) is 9.22. The number of sulfonamides is 1. The van der Waals surface area contributed by atoms with Crippen LogP contribution in [0.2, 0.25) is 0 Å². The van der Waals surface area contributed by atoms with Crippen molar-refractivity contribution < 1.29 is 17.9 Å². The SMILES string of the molecule is Cc1ccc(S(=O)(=O)N/N=C2\CCN(C(=O)OC(C)(C)C)[C@H](C)C2)cc1. The van der Waals surface area contributed by atoms with Crippen LogP contribution in [0.3, 0.4) is 0 Å². The largest absolute Gasteiger partial charge is 0.444 e. The van der Waals surface area contributed by atoms with E-state index in [1.54, 1.807) is 29.2 Å². The van der Waals surface area contributed by atoms with Crippen molar-refractivity contribution in [2.24, 2.45) is 5.10 Å². The summed E-state index contributed by atoms with van der Waals surface area (Å²) in [6.45, 7) is 9.71. The van der Waals surface area contributed by atoms with E-state index in [4.69, 9.17) is 4.74 Å². The first kappa shape index (κ1) is 20.2. The van der Waals surface area contributed by atoms with Crippen molar-refractivity contribution in [1.29, 1.82) is 0 Å². The van der Waals surface area contributed by atoms with E-state index in [9.17, 15) is 13.2 Å². The fourth-order valence-electron chi connectivity index (χ4n) is 2.61. The summed E-state index contributed by atoms with van der Waals surface area (Å²) in [6.07, 6.45) is 0.639. The van der Waals surface area contributed by atoms with E-state index in [2.05, 4.69) is 9.93 Å². The summed E-state index contributed by atoms with van der Waals surface area (Å²) in [6, 6.07) is 6.46. The van der Waals surface area contributed by atoms with Gasteiger partial charge in [0.15, 0.2) is 0 Å². The lowest BCUT2D eigenvalue weighted by atomic mass is 10.0. The third-order valence-electron chi connectivity index (χ3n) is 3.99. The van der Waals surface area contributed by atoms with E-state index in [0.717, 1.165) is 5.56 Å². The van der Waals surface area contributed by atoms with Crippen LogP contribution in [0.1, 0.15) is 46.1 Å². The van der Waals surface area contributed by atoms with Gasteiger partial charge >= 0.3 is 6.09 Å². The van der Waals surface area contributed by atoms with E-state index in [1.165, 1.54) is 0 Å². The zero-order chi connectivity index (χ0) is 19.5. The van der Waals surface area contributed by atoms with Crippen LogP contribution in [0.5, 0.6) is 0 Å². The van der Waals surface area contributed by atoms with Gasteiger partial charge in [0, 0.05) is 31.1 Å². The Morgan fingerprint density at radius 2 is 1.88 bits per heavy atom. The minimum atomic E-state index is -3.69. The molecule has 0 aliphatic carbocycles. The Bertz CT molecular complexity index is 780. The van der Waals surface area contributed by atoms with E-state index in [-0.39, 0.29) is 17.0 Å². The Kier molecular flexibility index (Phi) is 5.95. The zero-order valence-electron chi connectivity index (χ0n) is 15.9. The van der Waals surface area contributed by atoms with Crippen molar-refractivity contribution in [1.82, 2.24) is 9.73 Å². The maximum Gasteiger partial charge on any atom is 0.410 e.